The monoisotopic (exact) mass is 508 g/mol. The van der Waals surface area contributed by atoms with Crippen molar-refractivity contribution in [1.82, 2.24) is 29.2 Å². The lowest BCUT2D eigenvalue weighted by atomic mass is 10.0. The van der Waals surface area contributed by atoms with Crippen LogP contribution in [0.4, 0.5) is 22.0 Å². The summed E-state index contributed by atoms with van der Waals surface area (Å²) >= 11 is 0. The van der Waals surface area contributed by atoms with Crippen molar-refractivity contribution in [2.24, 2.45) is 0 Å². The number of halogens is 5. The summed E-state index contributed by atoms with van der Waals surface area (Å²) in [4.78, 5) is 19.9. The predicted octanol–water partition coefficient (Wildman–Crippen LogP) is 4.52. The van der Waals surface area contributed by atoms with Crippen molar-refractivity contribution < 1.29 is 26.4 Å². The normalized spacial score (nSPS) is 15.9. The van der Waals surface area contributed by atoms with Crippen LogP contribution in [0.15, 0.2) is 45.7 Å². The molecule has 0 unspecified atom stereocenters. The molecule has 0 radical (unpaired) electrons. The van der Waals surface area contributed by atoms with E-state index in [1.807, 2.05) is 7.05 Å². The summed E-state index contributed by atoms with van der Waals surface area (Å²) in [5.74, 6) is -0.960. The van der Waals surface area contributed by atoms with E-state index in [1.54, 1.807) is 4.57 Å². The standard InChI is InChI=1S/C23H21F5N6O2/c1-32-8-6-16(7-9-32)34-17-5-3-14(23(26,27)28)10-18(17)33(22(34)35)12-15-4-2-13(11-29-15)20-30-31-21(36-20)19(24)25/h2-5,10-11,16,19H,6-9,12H2,1H3. The van der Waals surface area contributed by atoms with Crippen LogP contribution in [-0.2, 0) is 12.7 Å². The highest BCUT2D eigenvalue weighted by Crippen LogP contribution is 2.33. The number of alkyl halides is 5. The maximum atomic E-state index is 13.5. The number of aromatic nitrogens is 5. The molecule has 190 valence electrons. The summed E-state index contributed by atoms with van der Waals surface area (Å²) in [6.45, 7) is 1.47. The second-order valence-electron chi connectivity index (χ2n) is 8.76. The van der Waals surface area contributed by atoms with E-state index < -0.39 is 29.7 Å². The minimum Gasteiger partial charge on any atom is -0.415 e. The number of hydrogen-bond acceptors (Lipinski definition) is 6. The highest BCUT2D eigenvalue weighted by Gasteiger charge is 2.32. The molecule has 36 heavy (non-hydrogen) atoms. The molecule has 0 spiro atoms. The number of likely N-dealkylation sites (tertiary alicyclic amines) is 1. The van der Waals surface area contributed by atoms with Gasteiger partial charge in [-0.25, -0.2) is 4.79 Å². The Morgan fingerprint density at radius 1 is 1.08 bits per heavy atom. The van der Waals surface area contributed by atoms with E-state index >= 15 is 0 Å². The van der Waals surface area contributed by atoms with Crippen molar-refractivity contribution >= 4 is 11.0 Å². The molecule has 1 aliphatic heterocycles. The molecule has 0 amide bonds. The number of pyridine rings is 1. The Hall–Kier alpha value is -3.61. The summed E-state index contributed by atoms with van der Waals surface area (Å²) in [5, 5.41) is 6.83. The first kappa shape index (κ1) is 24.1. The van der Waals surface area contributed by atoms with E-state index in [0.717, 1.165) is 25.2 Å². The largest absolute Gasteiger partial charge is 0.416 e. The quantitative estimate of drug-likeness (QED) is 0.369. The molecule has 13 heteroatoms. The molecule has 4 heterocycles. The first-order valence-corrected chi connectivity index (χ1v) is 11.2. The molecule has 0 bridgehead atoms. The molecule has 0 saturated carbocycles. The third-order valence-corrected chi connectivity index (χ3v) is 6.36. The van der Waals surface area contributed by atoms with Crippen LogP contribution in [0.1, 0.15) is 42.5 Å². The van der Waals surface area contributed by atoms with Gasteiger partial charge in [-0.2, -0.15) is 22.0 Å². The van der Waals surface area contributed by atoms with Crippen LogP contribution < -0.4 is 5.69 Å². The van der Waals surface area contributed by atoms with E-state index in [0.29, 0.717) is 29.6 Å². The summed E-state index contributed by atoms with van der Waals surface area (Å²) in [7, 11) is 1.98. The molecule has 4 aromatic rings. The molecule has 8 nitrogen and oxygen atoms in total. The van der Waals surface area contributed by atoms with E-state index in [1.165, 1.54) is 29.0 Å². The average Bonchev–Trinajstić information content (AvgIpc) is 3.44. The molecule has 5 rings (SSSR count). The van der Waals surface area contributed by atoms with Crippen molar-refractivity contribution in [3.63, 3.8) is 0 Å². The van der Waals surface area contributed by atoms with Gasteiger partial charge in [-0.1, -0.05) is 0 Å². The molecule has 3 aromatic heterocycles. The van der Waals surface area contributed by atoms with Gasteiger partial charge in [0.25, 0.3) is 5.89 Å². The summed E-state index contributed by atoms with van der Waals surface area (Å²) in [5.41, 5.74) is 0.0117. The fraction of sp³-hybridized carbons (Fsp3) is 0.391. The number of hydrogen-bond donors (Lipinski definition) is 0. The Bertz CT molecular complexity index is 1430. The third-order valence-electron chi connectivity index (χ3n) is 6.36. The highest BCUT2D eigenvalue weighted by atomic mass is 19.4. The number of nitrogens with zero attached hydrogens (tertiary/aromatic N) is 6. The van der Waals surface area contributed by atoms with E-state index in [4.69, 9.17) is 4.42 Å². The number of rotatable bonds is 5. The molecule has 0 N–H and O–H groups in total. The Morgan fingerprint density at radius 3 is 2.44 bits per heavy atom. The van der Waals surface area contributed by atoms with Gasteiger partial charge in [0, 0.05) is 12.2 Å². The van der Waals surface area contributed by atoms with Gasteiger partial charge in [-0.05, 0) is 63.3 Å². The Kier molecular flexibility index (Phi) is 6.10. The van der Waals surface area contributed by atoms with Gasteiger partial charge >= 0.3 is 18.3 Å². The fourth-order valence-corrected chi connectivity index (χ4v) is 4.46. The minimum atomic E-state index is -4.56. The second-order valence-corrected chi connectivity index (χ2v) is 8.76. The molecule has 0 atom stereocenters. The van der Waals surface area contributed by atoms with Gasteiger partial charge in [-0.15, -0.1) is 10.2 Å². The lowest BCUT2D eigenvalue weighted by Crippen LogP contribution is -2.36. The molecule has 1 saturated heterocycles. The molecular formula is C23H21F5N6O2. The second kappa shape index (κ2) is 9.12. The van der Waals surface area contributed by atoms with Crippen LogP contribution in [-0.4, -0.2) is 49.4 Å². The molecule has 0 aliphatic carbocycles. The van der Waals surface area contributed by atoms with E-state index in [-0.39, 0.29) is 24.0 Å². The maximum Gasteiger partial charge on any atom is 0.416 e. The van der Waals surface area contributed by atoms with E-state index in [2.05, 4.69) is 20.1 Å². The number of imidazole rings is 1. The van der Waals surface area contributed by atoms with Crippen molar-refractivity contribution in [2.45, 2.75) is 38.0 Å². The number of fused-ring (bicyclic) bond motifs is 1. The first-order valence-electron chi connectivity index (χ1n) is 11.2. The van der Waals surface area contributed by atoms with Crippen LogP contribution in [0.3, 0.4) is 0 Å². The SMILES string of the molecule is CN1CCC(n2c(=O)n(Cc3ccc(-c4nnc(C(F)F)o4)cn3)c3cc(C(F)(F)F)ccc32)CC1. The zero-order chi connectivity index (χ0) is 25.6. The smallest absolute Gasteiger partial charge is 0.415 e. The van der Waals surface area contributed by atoms with Crippen LogP contribution in [0.25, 0.3) is 22.5 Å². The van der Waals surface area contributed by atoms with Gasteiger partial charge in [0.15, 0.2) is 0 Å². The van der Waals surface area contributed by atoms with Crippen LogP contribution in [0.5, 0.6) is 0 Å². The Morgan fingerprint density at radius 2 is 1.83 bits per heavy atom. The average molecular weight is 508 g/mol. The van der Waals surface area contributed by atoms with Gasteiger partial charge in [0.1, 0.15) is 0 Å². The Labute approximate surface area is 201 Å². The topological polar surface area (TPSA) is 82.0 Å². The van der Waals surface area contributed by atoms with Crippen molar-refractivity contribution in [3.05, 3.63) is 64.2 Å². The van der Waals surface area contributed by atoms with Crippen LogP contribution in [0.2, 0.25) is 0 Å². The molecule has 1 fully saturated rings. The van der Waals surface area contributed by atoms with Crippen LogP contribution in [0, 0.1) is 0 Å². The Balaban J connectivity index is 1.52. The zero-order valence-corrected chi connectivity index (χ0v) is 19.0. The summed E-state index contributed by atoms with van der Waals surface area (Å²) in [6, 6.07) is 6.23. The number of piperidine rings is 1. The van der Waals surface area contributed by atoms with E-state index in [9.17, 15) is 26.7 Å². The number of benzene rings is 1. The summed E-state index contributed by atoms with van der Waals surface area (Å²) < 4.78 is 73.6. The van der Waals surface area contributed by atoms with Gasteiger partial charge in [0.05, 0.1) is 34.4 Å². The van der Waals surface area contributed by atoms with Crippen molar-refractivity contribution in [2.75, 3.05) is 20.1 Å². The predicted molar refractivity (Wildman–Crippen MR) is 119 cm³/mol. The maximum absolute atomic E-state index is 13.5. The van der Waals surface area contributed by atoms with Crippen LogP contribution >= 0.6 is 0 Å². The lowest BCUT2D eigenvalue weighted by Gasteiger charge is -2.29. The summed E-state index contributed by atoms with van der Waals surface area (Å²) in [6.07, 6.45) is -4.75. The first-order chi connectivity index (χ1) is 17.1. The van der Waals surface area contributed by atoms with Crippen molar-refractivity contribution in [1.29, 1.82) is 0 Å². The van der Waals surface area contributed by atoms with Crippen molar-refractivity contribution in [3.8, 4) is 11.5 Å². The van der Waals surface area contributed by atoms with Gasteiger partial charge in [-0.3, -0.25) is 14.1 Å². The molecule has 1 aliphatic rings. The molecule has 1 aromatic carbocycles. The zero-order valence-electron chi connectivity index (χ0n) is 19.0. The highest BCUT2D eigenvalue weighted by molar-refractivity contribution is 5.77. The molecular weight excluding hydrogens is 487 g/mol. The lowest BCUT2D eigenvalue weighted by molar-refractivity contribution is -0.137. The minimum absolute atomic E-state index is 0.0807. The fourth-order valence-electron chi connectivity index (χ4n) is 4.46. The third kappa shape index (κ3) is 4.50. The van der Waals surface area contributed by atoms with Gasteiger partial charge < -0.3 is 9.32 Å². The van der Waals surface area contributed by atoms with Gasteiger partial charge in [0.2, 0.25) is 5.89 Å².